The normalized spacial score (nSPS) is 12.8. The number of primary amides is 1. The van der Waals surface area contributed by atoms with Gasteiger partial charge in [-0.2, -0.15) is 0 Å². The van der Waals surface area contributed by atoms with Crippen molar-refractivity contribution in [3.05, 3.63) is 48.0 Å². The molecule has 0 bridgehead atoms. The summed E-state index contributed by atoms with van der Waals surface area (Å²) >= 11 is 0. The van der Waals surface area contributed by atoms with Gasteiger partial charge in [-0.1, -0.05) is 36.9 Å². The van der Waals surface area contributed by atoms with Gasteiger partial charge in [0.25, 0.3) is 0 Å². The molecule has 22 heavy (non-hydrogen) atoms. The fourth-order valence-electron chi connectivity index (χ4n) is 2.16. The second-order valence-electron chi connectivity index (χ2n) is 4.54. The van der Waals surface area contributed by atoms with E-state index in [4.69, 9.17) is 10.5 Å². The molecule has 2 N–H and O–H groups in total. The van der Waals surface area contributed by atoms with Gasteiger partial charge in [0.2, 0.25) is 5.91 Å². The van der Waals surface area contributed by atoms with E-state index in [1.54, 1.807) is 37.3 Å². The molecule has 0 saturated heterocycles. The van der Waals surface area contributed by atoms with Crippen molar-refractivity contribution >= 4 is 17.8 Å². The zero-order valence-electron chi connectivity index (χ0n) is 12.6. The smallest absolute Gasteiger partial charge is 0.333 e. The standard InChI is InChI=1S/C16H19NO5/c1-4-22-16(20)13(14(17)18)12(10(2)15(19)21-3)11-8-6-5-7-9-11/h5-9,12-13H,2,4H2,1,3H3,(H2,17,18). The molecule has 2 unspecified atom stereocenters. The van der Waals surface area contributed by atoms with Crippen molar-refractivity contribution in [1.82, 2.24) is 0 Å². The third-order valence-electron chi connectivity index (χ3n) is 3.16. The summed E-state index contributed by atoms with van der Waals surface area (Å²) < 4.78 is 9.54. The van der Waals surface area contributed by atoms with Crippen LogP contribution in [0.25, 0.3) is 0 Å². The highest BCUT2D eigenvalue weighted by Crippen LogP contribution is 2.32. The van der Waals surface area contributed by atoms with E-state index in [1.807, 2.05) is 0 Å². The molecule has 0 aliphatic rings. The predicted molar refractivity (Wildman–Crippen MR) is 79.7 cm³/mol. The molecular formula is C16H19NO5. The SMILES string of the molecule is C=C(C(=O)OC)C(c1ccccc1)C(C(N)=O)C(=O)OCC. The molecule has 1 aromatic carbocycles. The molecule has 6 nitrogen and oxygen atoms in total. The number of benzene rings is 1. The van der Waals surface area contributed by atoms with Crippen LogP contribution in [0.1, 0.15) is 18.4 Å². The second kappa shape index (κ2) is 7.97. The fraction of sp³-hybridized carbons (Fsp3) is 0.312. The van der Waals surface area contributed by atoms with Gasteiger partial charge in [-0.15, -0.1) is 0 Å². The number of hydrogen-bond acceptors (Lipinski definition) is 5. The van der Waals surface area contributed by atoms with Crippen LogP contribution in [0.15, 0.2) is 42.5 Å². The van der Waals surface area contributed by atoms with Gasteiger partial charge in [0.15, 0.2) is 0 Å². The summed E-state index contributed by atoms with van der Waals surface area (Å²) in [5.41, 5.74) is 5.87. The largest absolute Gasteiger partial charge is 0.466 e. The lowest BCUT2D eigenvalue weighted by atomic mass is 9.80. The van der Waals surface area contributed by atoms with E-state index < -0.39 is 29.7 Å². The Balaban J connectivity index is 3.34. The van der Waals surface area contributed by atoms with Crippen molar-refractivity contribution in [3.63, 3.8) is 0 Å². The summed E-state index contributed by atoms with van der Waals surface area (Å²) in [7, 11) is 1.19. The first-order valence-corrected chi connectivity index (χ1v) is 6.72. The zero-order valence-corrected chi connectivity index (χ0v) is 12.6. The van der Waals surface area contributed by atoms with Crippen LogP contribution in [0.2, 0.25) is 0 Å². The highest BCUT2D eigenvalue weighted by atomic mass is 16.5. The van der Waals surface area contributed by atoms with Crippen molar-refractivity contribution < 1.29 is 23.9 Å². The molecule has 0 fully saturated rings. The molecular weight excluding hydrogens is 286 g/mol. The van der Waals surface area contributed by atoms with Crippen molar-refractivity contribution in [2.24, 2.45) is 11.7 Å². The van der Waals surface area contributed by atoms with Crippen LogP contribution in [0.4, 0.5) is 0 Å². The van der Waals surface area contributed by atoms with Gasteiger partial charge in [-0.05, 0) is 12.5 Å². The van der Waals surface area contributed by atoms with Gasteiger partial charge in [0.05, 0.1) is 13.7 Å². The van der Waals surface area contributed by atoms with Gasteiger partial charge >= 0.3 is 11.9 Å². The van der Waals surface area contributed by atoms with Crippen molar-refractivity contribution in [3.8, 4) is 0 Å². The van der Waals surface area contributed by atoms with Crippen LogP contribution < -0.4 is 5.73 Å². The van der Waals surface area contributed by atoms with Crippen LogP contribution in [-0.2, 0) is 23.9 Å². The monoisotopic (exact) mass is 305 g/mol. The highest BCUT2D eigenvalue weighted by Gasteiger charge is 2.39. The molecule has 1 aromatic rings. The van der Waals surface area contributed by atoms with E-state index in [0.29, 0.717) is 5.56 Å². The van der Waals surface area contributed by atoms with Gasteiger partial charge in [-0.25, -0.2) is 4.79 Å². The molecule has 1 amide bonds. The lowest BCUT2D eigenvalue weighted by Gasteiger charge is -2.24. The van der Waals surface area contributed by atoms with Crippen LogP contribution in [-0.4, -0.2) is 31.6 Å². The Hall–Kier alpha value is -2.63. The Kier molecular flexibility index (Phi) is 6.31. The summed E-state index contributed by atoms with van der Waals surface area (Å²) in [6.07, 6.45) is 0. The van der Waals surface area contributed by atoms with E-state index in [2.05, 4.69) is 11.3 Å². The number of ether oxygens (including phenoxy) is 2. The van der Waals surface area contributed by atoms with E-state index in [-0.39, 0.29) is 12.2 Å². The third kappa shape index (κ3) is 3.94. The Labute approximate surface area is 128 Å². The summed E-state index contributed by atoms with van der Waals surface area (Å²) in [6.45, 7) is 5.36. The van der Waals surface area contributed by atoms with E-state index in [0.717, 1.165) is 0 Å². The second-order valence-corrected chi connectivity index (χ2v) is 4.54. The zero-order chi connectivity index (χ0) is 16.7. The number of methoxy groups -OCH3 is 1. The molecule has 1 rings (SSSR count). The molecule has 0 saturated carbocycles. The van der Waals surface area contributed by atoms with Crippen LogP contribution >= 0.6 is 0 Å². The van der Waals surface area contributed by atoms with Gasteiger partial charge in [0.1, 0.15) is 5.92 Å². The lowest BCUT2D eigenvalue weighted by Crippen LogP contribution is -2.38. The molecule has 0 aliphatic heterocycles. The number of carbonyl (C=O) groups is 3. The van der Waals surface area contributed by atoms with E-state index >= 15 is 0 Å². The minimum atomic E-state index is -1.35. The maximum absolute atomic E-state index is 12.1. The quantitative estimate of drug-likeness (QED) is 0.463. The number of amides is 1. The lowest BCUT2D eigenvalue weighted by molar-refractivity contribution is -0.152. The number of hydrogen-bond donors (Lipinski definition) is 1. The van der Waals surface area contributed by atoms with Crippen LogP contribution in [0.5, 0.6) is 0 Å². The first-order valence-electron chi connectivity index (χ1n) is 6.72. The summed E-state index contributed by atoms with van der Waals surface area (Å²) in [5.74, 6) is -4.70. The van der Waals surface area contributed by atoms with Crippen molar-refractivity contribution in [2.45, 2.75) is 12.8 Å². The minimum absolute atomic E-state index is 0.0365. The van der Waals surface area contributed by atoms with E-state index in [1.165, 1.54) is 7.11 Å². The average molecular weight is 305 g/mol. The van der Waals surface area contributed by atoms with Gasteiger partial charge in [0, 0.05) is 11.5 Å². The topological polar surface area (TPSA) is 95.7 Å². The van der Waals surface area contributed by atoms with Gasteiger partial charge in [-0.3, -0.25) is 9.59 Å². The Bertz CT molecular complexity index is 567. The number of esters is 2. The molecule has 0 radical (unpaired) electrons. The number of nitrogens with two attached hydrogens (primary N) is 1. The fourth-order valence-corrected chi connectivity index (χ4v) is 2.16. The van der Waals surface area contributed by atoms with Crippen molar-refractivity contribution in [1.29, 1.82) is 0 Å². The van der Waals surface area contributed by atoms with Crippen LogP contribution in [0, 0.1) is 5.92 Å². The number of rotatable bonds is 7. The Morgan fingerprint density at radius 2 is 1.82 bits per heavy atom. The predicted octanol–water partition coefficient (Wildman–Crippen LogP) is 1.16. The Morgan fingerprint density at radius 3 is 2.27 bits per heavy atom. The molecule has 0 heterocycles. The minimum Gasteiger partial charge on any atom is -0.466 e. The summed E-state index contributed by atoms with van der Waals surface area (Å²) in [4.78, 5) is 35.7. The van der Waals surface area contributed by atoms with Crippen LogP contribution in [0.3, 0.4) is 0 Å². The first-order chi connectivity index (χ1) is 10.4. The first kappa shape index (κ1) is 17.4. The number of carbonyl (C=O) groups excluding carboxylic acids is 3. The Morgan fingerprint density at radius 1 is 1.23 bits per heavy atom. The molecule has 0 spiro atoms. The summed E-state index contributed by atoms with van der Waals surface area (Å²) in [6, 6.07) is 8.55. The van der Waals surface area contributed by atoms with Crippen molar-refractivity contribution in [2.75, 3.05) is 13.7 Å². The maximum Gasteiger partial charge on any atom is 0.333 e. The van der Waals surface area contributed by atoms with E-state index in [9.17, 15) is 14.4 Å². The maximum atomic E-state index is 12.1. The average Bonchev–Trinajstić information content (AvgIpc) is 2.51. The summed E-state index contributed by atoms with van der Waals surface area (Å²) in [5, 5.41) is 0. The molecule has 0 aliphatic carbocycles. The molecule has 2 atom stereocenters. The van der Waals surface area contributed by atoms with Gasteiger partial charge < -0.3 is 15.2 Å². The molecule has 118 valence electrons. The molecule has 6 heteroatoms. The highest BCUT2D eigenvalue weighted by molar-refractivity contribution is 6.01. The molecule has 0 aromatic heterocycles. The third-order valence-corrected chi connectivity index (χ3v) is 3.16.